The highest BCUT2D eigenvalue weighted by molar-refractivity contribution is 5.95. The summed E-state index contributed by atoms with van der Waals surface area (Å²) < 4.78 is 0. The van der Waals surface area contributed by atoms with Crippen LogP contribution in [0.1, 0.15) is 35.1 Å². The SMILES string of the molecule is Cc1ccc(C(=C/C=C/C(O)CC(=O)CC(=O)O)c2ccc(C)cc2)cc1. The number of carboxylic acids is 1. The Kier molecular flexibility index (Phi) is 7.26. The van der Waals surface area contributed by atoms with Crippen LogP contribution in [0.25, 0.3) is 5.57 Å². The second-order valence-electron chi connectivity index (χ2n) is 6.58. The summed E-state index contributed by atoms with van der Waals surface area (Å²) in [4.78, 5) is 22.0. The van der Waals surface area contributed by atoms with Crippen molar-refractivity contribution in [2.45, 2.75) is 32.8 Å². The van der Waals surface area contributed by atoms with Gasteiger partial charge in [0.15, 0.2) is 0 Å². The van der Waals surface area contributed by atoms with Gasteiger partial charge in [0.2, 0.25) is 0 Å². The van der Waals surface area contributed by atoms with Crippen LogP contribution in [0.3, 0.4) is 0 Å². The predicted molar refractivity (Wildman–Crippen MR) is 106 cm³/mol. The van der Waals surface area contributed by atoms with Crippen LogP contribution < -0.4 is 0 Å². The lowest BCUT2D eigenvalue weighted by Gasteiger charge is -2.09. The Morgan fingerprint density at radius 2 is 1.41 bits per heavy atom. The molecule has 0 saturated heterocycles. The molecule has 2 aromatic carbocycles. The molecule has 0 amide bonds. The molecule has 0 aliphatic rings. The van der Waals surface area contributed by atoms with Crippen LogP contribution in [0.2, 0.25) is 0 Å². The number of ketones is 1. The molecule has 0 aliphatic heterocycles. The number of hydrogen-bond acceptors (Lipinski definition) is 3. The summed E-state index contributed by atoms with van der Waals surface area (Å²) in [5, 5.41) is 18.5. The number of aliphatic hydroxyl groups is 1. The minimum absolute atomic E-state index is 0.207. The zero-order valence-electron chi connectivity index (χ0n) is 15.6. The molecule has 140 valence electrons. The van der Waals surface area contributed by atoms with Crippen LogP contribution in [0.15, 0.2) is 66.8 Å². The van der Waals surface area contributed by atoms with Gasteiger partial charge in [-0.05, 0) is 30.5 Å². The molecule has 0 saturated carbocycles. The van der Waals surface area contributed by atoms with E-state index in [1.807, 2.05) is 68.5 Å². The number of aryl methyl sites for hydroxylation is 2. The summed E-state index contributed by atoms with van der Waals surface area (Å²) in [5.74, 6) is -1.68. The van der Waals surface area contributed by atoms with E-state index in [-0.39, 0.29) is 6.42 Å². The van der Waals surface area contributed by atoms with Crippen LogP contribution in [0.5, 0.6) is 0 Å². The maximum Gasteiger partial charge on any atom is 0.310 e. The minimum atomic E-state index is -1.18. The van der Waals surface area contributed by atoms with Crippen LogP contribution in [-0.2, 0) is 9.59 Å². The van der Waals surface area contributed by atoms with Gasteiger partial charge in [0.25, 0.3) is 0 Å². The van der Waals surface area contributed by atoms with Gasteiger partial charge in [-0.1, -0.05) is 77.9 Å². The number of hydrogen-bond donors (Lipinski definition) is 2. The first-order valence-corrected chi connectivity index (χ1v) is 8.79. The van der Waals surface area contributed by atoms with Gasteiger partial charge < -0.3 is 10.2 Å². The molecule has 0 fully saturated rings. The van der Waals surface area contributed by atoms with E-state index >= 15 is 0 Å². The molecule has 2 aromatic rings. The number of benzene rings is 2. The highest BCUT2D eigenvalue weighted by Gasteiger charge is 2.11. The first-order valence-electron chi connectivity index (χ1n) is 8.79. The Balaban J connectivity index is 2.22. The standard InChI is InChI=1S/C23H24O4/c1-16-6-10-18(11-7-16)22(19-12-8-17(2)9-13-19)5-3-4-20(24)14-21(25)15-23(26)27/h3-13,20,24H,14-15H2,1-2H3,(H,26,27)/b4-3+. The van der Waals surface area contributed by atoms with E-state index in [4.69, 9.17) is 5.11 Å². The van der Waals surface area contributed by atoms with Crippen LogP contribution in [-0.4, -0.2) is 28.1 Å². The zero-order valence-corrected chi connectivity index (χ0v) is 15.6. The van der Waals surface area contributed by atoms with Crippen LogP contribution in [0.4, 0.5) is 0 Å². The first kappa shape index (κ1) is 20.3. The summed E-state index contributed by atoms with van der Waals surface area (Å²) in [7, 11) is 0. The van der Waals surface area contributed by atoms with Gasteiger partial charge in [-0.3, -0.25) is 9.59 Å². The summed E-state index contributed by atoms with van der Waals surface area (Å²) in [6.07, 6.45) is 3.31. The second kappa shape index (κ2) is 9.64. The van der Waals surface area contributed by atoms with E-state index < -0.39 is 24.3 Å². The van der Waals surface area contributed by atoms with Gasteiger partial charge in [-0.15, -0.1) is 0 Å². The Labute approximate surface area is 159 Å². The van der Waals surface area contributed by atoms with Crippen molar-refractivity contribution in [3.63, 3.8) is 0 Å². The molecule has 4 nitrogen and oxygen atoms in total. The van der Waals surface area contributed by atoms with Gasteiger partial charge in [0, 0.05) is 6.42 Å². The summed E-state index contributed by atoms with van der Waals surface area (Å²) in [6, 6.07) is 16.3. The summed E-state index contributed by atoms with van der Waals surface area (Å²) in [5.41, 5.74) is 5.43. The molecule has 1 atom stereocenters. The number of aliphatic carboxylic acids is 1. The third-order valence-electron chi connectivity index (χ3n) is 4.11. The van der Waals surface area contributed by atoms with Gasteiger partial charge >= 0.3 is 5.97 Å². The molecule has 0 aliphatic carbocycles. The number of carbonyl (C=O) groups excluding carboxylic acids is 1. The molecule has 0 spiro atoms. The maximum absolute atomic E-state index is 11.5. The van der Waals surface area contributed by atoms with Crippen molar-refractivity contribution < 1.29 is 19.8 Å². The van der Waals surface area contributed by atoms with Crippen molar-refractivity contribution in [1.29, 1.82) is 0 Å². The predicted octanol–water partition coefficient (Wildman–Crippen LogP) is 4.09. The largest absolute Gasteiger partial charge is 0.481 e. The Hall–Kier alpha value is -2.98. The number of allylic oxidation sites excluding steroid dienone is 2. The molecular formula is C23H24O4. The lowest BCUT2D eigenvalue weighted by Crippen LogP contribution is -2.14. The lowest BCUT2D eigenvalue weighted by atomic mass is 9.96. The zero-order chi connectivity index (χ0) is 19.8. The fourth-order valence-corrected chi connectivity index (χ4v) is 2.65. The Morgan fingerprint density at radius 1 is 0.926 bits per heavy atom. The number of aliphatic hydroxyl groups excluding tert-OH is 1. The van der Waals surface area contributed by atoms with Crippen molar-refractivity contribution in [3.05, 3.63) is 89.0 Å². The average Bonchev–Trinajstić information content (AvgIpc) is 2.60. The number of rotatable bonds is 8. The summed E-state index contributed by atoms with van der Waals surface area (Å²) >= 11 is 0. The molecule has 0 radical (unpaired) electrons. The van der Waals surface area contributed by atoms with Gasteiger partial charge in [-0.25, -0.2) is 0 Å². The topological polar surface area (TPSA) is 74.6 Å². The second-order valence-corrected chi connectivity index (χ2v) is 6.58. The third-order valence-corrected chi connectivity index (χ3v) is 4.11. The van der Waals surface area contributed by atoms with E-state index in [9.17, 15) is 14.7 Å². The monoisotopic (exact) mass is 364 g/mol. The van der Waals surface area contributed by atoms with E-state index in [2.05, 4.69) is 0 Å². The van der Waals surface area contributed by atoms with Gasteiger partial charge in [0.1, 0.15) is 12.2 Å². The maximum atomic E-state index is 11.5. The molecular weight excluding hydrogens is 340 g/mol. The quantitative estimate of drug-likeness (QED) is 0.547. The van der Waals surface area contributed by atoms with Crippen molar-refractivity contribution >= 4 is 17.3 Å². The minimum Gasteiger partial charge on any atom is -0.481 e. The molecule has 2 rings (SSSR count). The van der Waals surface area contributed by atoms with Gasteiger partial charge in [0.05, 0.1) is 6.10 Å². The number of carboxylic acid groups (broad SMARTS) is 1. The molecule has 27 heavy (non-hydrogen) atoms. The number of Topliss-reactive ketones (excluding diaryl/α,β-unsaturated/α-hetero) is 1. The molecule has 0 bridgehead atoms. The fourth-order valence-electron chi connectivity index (χ4n) is 2.65. The van der Waals surface area contributed by atoms with Crippen LogP contribution in [0, 0.1) is 13.8 Å². The van der Waals surface area contributed by atoms with Gasteiger partial charge in [-0.2, -0.15) is 0 Å². The lowest BCUT2D eigenvalue weighted by molar-refractivity contribution is -0.140. The highest BCUT2D eigenvalue weighted by Crippen LogP contribution is 2.24. The van der Waals surface area contributed by atoms with Crippen molar-refractivity contribution in [1.82, 2.24) is 0 Å². The third kappa shape index (κ3) is 6.68. The number of carbonyl (C=O) groups is 2. The van der Waals surface area contributed by atoms with Crippen molar-refractivity contribution in [3.8, 4) is 0 Å². The Morgan fingerprint density at radius 3 is 1.85 bits per heavy atom. The van der Waals surface area contributed by atoms with Crippen molar-refractivity contribution in [2.24, 2.45) is 0 Å². The normalized spacial score (nSPS) is 12.0. The van der Waals surface area contributed by atoms with Crippen LogP contribution >= 0.6 is 0 Å². The van der Waals surface area contributed by atoms with E-state index in [0.717, 1.165) is 16.7 Å². The Bertz CT molecular complexity index is 795. The molecule has 0 aromatic heterocycles. The molecule has 1 unspecified atom stereocenters. The van der Waals surface area contributed by atoms with E-state index in [1.165, 1.54) is 17.2 Å². The fraction of sp³-hybridized carbons (Fsp3) is 0.217. The molecule has 2 N–H and O–H groups in total. The summed E-state index contributed by atoms with van der Waals surface area (Å²) in [6.45, 7) is 4.06. The average molecular weight is 364 g/mol. The van der Waals surface area contributed by atoms with E-state index in [1.54, 1.807) is 6.08 Å². The van der Waals surface area contributed by atoms with E-state index in [0.29, 0.717) is 0 Å². The van der Waals surface area contributed by atoms with Crippen molar-refractivity contribution in [2.75, 3.05) is 0 Å². The molecule has 4 heteroatoms. The first-order chi connectivity index (χ1) is 12.8. The smallest absolute Gasteiger partial charge is 0.310 e. The highest BCUT2D eigenvalue weighted by atomic mass is 16.4. The molecule has 0 heterocycles.